The molecule has 3 rings (SSSR count). The van der Waals surface area contributed by atoms with Crippen molar-refractivity contribution in [3.63, 3.8) is 0 Å². The highest BCUT2D eigenvalue weighted by atomic mass is 32.1. The number of rotatable bonds is 3. The Hall–Kier alpha value is -2.21. The highest BCUT2D eigenvalue weighted by Gasteiger charge is 2.06. The number of anilines is 1. The molecular weight excluding hydrogens is 248 g/mol. The standard InChI is InChI=1S/C12H10N4OS/c17-11(15-12-13-3-4-18-12)6-8-1-2-10-9(5-8)7-14-16-10/h1-5,7H,6H2,(H,14,16)(H,13,15,17). The molecular formula is C12H10N4OS. The minimum Gasteiger partial charge on any atom is -0.302 e. The van der Waals surface area contributed by atoms with Crippen molar-refractivity contribution in [2.24, 2.45) is 0 Å². The molecule has 6 heteroatoms. The van der Waals surface area contributed by atoms with Gasteiger partial charge in [-0.2, -0.15) is 5.10 Å². The minimum atomic E-state index is -0.0622. The second-order valence-electron chi connectivity index (χ2n) is 3.85. The normalized spacial score (nSPS) is 10.7. The molecule has 0 radical (unpaired) electrons. The maximum Gasteiger partial charge on any atom is 0.230 e. The van der Waals surface area contributed by atoms with Crippen LogP contribution in [0.5, 0.6) is 0 Å². The number of nitrogens with one attached hydrogen (secondary N) is 2. The lowest BCUT2D eigenvalue weighted by Crippen LogP contribution is -2.14. The van der Waals surface area contributed by atoms with Gasteiger partial charge in [-0.15, -0.1) is 11.3 Å². The molecule has 1 amide bonds. The number of carbonyl (C=O) groups is 1. The van der Waals surface area contributed by atoms with Crippen LogP contribution in [0.15, 0.2) is 36.0 Å². The zero-order valence-electron chi connectivity index (χ0n) is 9.38. The number of carbonyl (C=O) groups excluding carboxylic acids is 1. The first-order valence-corrected chi connectivity index (χ1v) is 6.30. The van der Waals surface area contributed by atoms with E-state index in [1.54, 1.807) is 12.4 Å². The van der Waals surface area contributed by atoms with Crippen LogP contribution < -0.4 is 5.32 Å². The maximum absolute atomic E-state index is 11.8. The molecule has 5 nitrogen and oxygen atoms in total. The number of H-pyrrole nitrogens is 1. The van der Waals surface area contributed by atoms with Crippen molar-refractivity contribution >= 4 is 33.3 Å². The Balaban J connectivity index is 1.73. The monoisotopic (exact) mass is 258 g/mol. The predicted octanol–water partition coefficient (Wildman–Crippen LogP) is 2.20. The first-order chi connectivity index (χ1) is 8.81. The molecule has 0 saturated heterocycles. The third-order valence-corrected chi connectivity index (χ3v) is 3.24. The molecule has 0 unspecified atom stereocenters. The SMILES string of the molecule is O=C(Cc1ccc2[nH]ncc2c1)Nc1nccs1. The number of aromatic amines is 1. The quantitative estimate of drug-likeness (QED) is 0.756. The van der Waals surface area contributed by atoms with Gasteiger partial charge in [-0.05, 0) is 17.7 Å². The lowest BCUT2D eigenvalue weighted by Gasteiger charge is -2.02. The smallest absolute Gasteiger partial charge is 0.230 e. The molecule has 18 heavy (non-hydrogen) atoms. The summed E-state index contributed by atoms with van der Waals surface area (Å²) in [7, 11) is 0. The van der Waals surface area contributed by atoms with E-state index in [-0.39, 0.29) is 5.91 Å². The maximum atomic E-state index is 11.8. The third-order valence-electron chi connectivity index (χ3n) is 2.55. The van der Waals surface area contributed by atoms with E-state index in [0.717, 1.165) is 16.5 Å². The van der Waals surface area contributed by atoms with Crippen LogP contribution in [-0.4, -0.2) is 21.1 Å². The van der Waals surface area contributed by atoms with E-state index >= 15 is 0 Å². The van der Waals surface area contributed by atoms with E-state index in [1.807, 2.05) is 23.6 Å². The van der Waals surface area contributed by atoms with E-state index in [9.17, 15) is 4.79 Å². The molecule has 0 bridgehead atoms. The molecule has 2 aromatic heterocycles. The van der Waals surface area contributed by atoms with E-state index < -0.39 is 0 Å². The Bertz CT molecular complexity index is 674. The van der Waals surface area contributed by atoms with E-state index in [1.165, 1.54) is 11.3 Å². The zero-order chi connectivity index (χ0) is 12.4. The summed E-state index contributed by atoms with van der Waals surface area (Å²) >= 11 is 1.41. The fourth-order valence-corrected chi connectivity index (χ4v) is 2.28. The number of hydrogen-bond donors (Lipinski definition) is 2. The summed E-state index contributed by atoms with van der Waals surface area (Å²) in [5.74, 6) is -0.0622. The van der Waals surface area contributed by atoms with Gasteiger partial charge in [0, 0.05) is 17.0 Å². The van der Waals surface area contributed by atoms with Gasteiger partial charge in [0.05, 0.1) is 18.1 Å². The predicted molar refractivity (Wildman–Crippen MR) is 70.5 cm³/mol. The number of amides is 1. The fourth-order valence-electron chi connectivity index (χ4n) is 1.74. The van der Waals surface area contributed by atoms with E-state index in [0.29, 0.717) is 11.6 Å². The van der Waals surface area contributed by atoms with Crippen LogP contribution in [0.25, 0.3) is 10.9 Å². The Kier molecular flexibility index (Phi) is 2.77. The van der Waals surface area contributed by atoms with Crippen molar-refractivity contribution in [3.8, 4) is 0 Å². The summed E-state index contributed by atoms with van der Waals surface area (Å²) in [4.78, 5) is 15.8. The second-order valence-corrected chi connectivity index (χ2v) is 4.75. The number of benzene rings is 1. The van der Waals surface area contributed by atoms with Gasteiger partial charge in [0.1, 0.15) is 0 Å². The van der Waals surface area contributed by atoms with Gasteiger partial charge in [0.2, 0.25) is 5.91 Å². The van der Waals surface area contributed by atoms with Crippen molar-refractivity contribution in [3.05, 3.63) is 41.5 Å². The summed E-state index contributed by atoms with van der Waals surface area (Å²) in [5, 5.41) is 13.0. The molecule has 90 valence electrons. The Labute approximate surface area is 107 Å². The Morgan fingerprint density at radius 3 is 3.22 bits per heavy atom. The number of fused-ring (bicyclic) bond motifs is 1. The van der Waals surface area contributed by atoms with E-state index in [4.69, 9.17) is 0 Å². The second kappa shape index (κ2) is 4.58. The van der Waals surface area contributed by atoms with Gasteiger partial charge in [-0.25, -0.2) is 4.98 Å². The van der Waals surface area contributed by atoms with Crippen molar-refractivity contribution < 1.29 is 4.79 Å². The average Bonchev–Trinajstić information content (AvgIpc) is 2.98. The van der Waals surface area contributed by atoms with E-state index in [2.05, 4.69) is 20.5 Å². The lowest BCUT2D eigenvalue weighted by molar-refractivity contribution is -0.115. The molecule has 0 spiro atoms. The number of aromatic nitrogens is 3. The van der Waals surface area contributed by atoms with Gasteiger partial charge in [-0.1, -0.05) is 6.07 Å². The van der Waals surface area contributed by atoms with Crippen molar-refractivity contribution in [2.75, 3.05) is 5.32 Å². The van der Waals surface area contributed by atoms with Crippen LogP contribution in [0.3, 0.4) is 0 Å². The van der Waals surface area contributed by atoms with Gasteiger partial charge >= 0.3 is 0 Å². The minimum absolute atomic E-state index is 0.0622. The molecule has 0 saturated carbocycles. The molecule has 1 aromatic carbocycles. The van der Waals surface area contributed by atoms with Gasteiger partial charge in [-0.3, -0.25) is 9.89 Å². The van der Waals surface area contributed by atoms with Gasteiger partial charge < -0.3 is 5.32 Å². The largest absolute Gasteiger partial charge is 0.302 e. The summed E-state index contributed by atoms with van der Waals surface area (Å²) < 4.78 is 0. The Morgan fingerprint density at radius 2 is 2.39 bits per heavy atom. The fraction of sp³-hybridized carbons (Fsp3) is 0.0833. The topological polar surface area (TPSA) is 70.7 Å². The molecule has 0 fully saturated rings. The van der Waals surface area contributed by atoms with Crippen LogP contribution in [0.2, 0.25) is 0 Å². The van der Waals surface area contributed by atoms with Crippen molar-refractivity contribution in [1.29, 1.82) is 0 Å². The molecule has 3 aromatic rings. The highest BCUT2D eigenvalue weighted by Crippen LogP contribution is 2.15. The third kappa shape index (κ3) is 2.23. The summed E-state index contributed by atoms with van der Waals surface area (Å²) in [6.45, 7) is 0. The number of nitrogens with zero attached hydrogens (tertiary/aromatic N) is 2. The highest BCUT2D eigenvalue weighted by molar-refractivity contribution is 7.13. The average molecular weight is 258 g/mol. The van der Waals surface area contributed by atoms with Crippen molar-refractivity contribution in [1.82, 2.24) is 15.2 Å². The van der Waals surface area contributed by atoms with Gasteiger partial charge in [0.15, 0.2) is 5.13 Å². The molecule has 2 heterocycles. The van der Waals surface area contributed by atoms with Crippen molar-refractivity contribution in [2.45, 2.75) is 6.42 Å². The van der Waals surface area contributed by atoms with Crippen LogP contribution in [-0.2, 0) is 11.2 Å². The molecule has 0 aliphatic rings. The summed E-state index contributed by atoms with van der Waals surface area (Å²) in [6.07, 6.45) is 3.75. The summed E-state index contributed by atoms with van der Waals surface area (Å²) in [5.41, 5.74) is 1.93. The molecule has 0 atom stereocenters. The molecule has 0 aliphatic heterocycles. The first kappa shape index (κ1) is 10.9. The lowest BCUT2D eigenvalue weighted by atomic mass is 10.1. The number of hydrogen-bond acceptors (Lipinski definition) is 4. The zero-order valence-corrected chi connectivity index (χ0v) is 10.2. The first-order valence-electron chi connectivity index (χ1n) is 5.42. The van der Waals surface area contributed by atoms with Crippen LogP contribution in [0, 0.1) is 0 Å². The van der Waals surface area contributed by atoms with Gasteiger partial charge in [0.25, 0.3) is 0 Å². The molecule has 2 N–H and O–H groups in total. The Morgan fingerprint density at radius 1 is 1.44 bits per heavy atom. The summed E-state index contributed by atoms with van der Waals surface area (Å²) in [6, 6.07) is 5.80. The van der Waals surface area contributed by atoms with Crippen LogP contribution in [0.4, 0.5) is 5.13 Å². The number of thiazole rings is 1. The van der Waals surface area contributed by atoms with Crippen LogP contribution in [0.1, 0.15) is 5.56 Å². The van der Waals surface area contributed by atoms with Crippen LogP contribution >= 0.6 is 11.3 Å². The molecule has 0 aliphatic carbocycles.